The van der Waals surface area contributed by atoms with Crippen molar-refractivity contribution in [1.29, 1.82) is 0 Å². The minimum Gasteiger partial charge on any atom is -0.352 e. The highest BCUT2D eigenvalue weighted by atomic mass is 35.5. The first-order chi connectivity index (χ1) is 11.5. The lowest BCUT2D eigenvalue weighted by Crippen LogP contribution is -2.23. The Labute approximate surface area is 155 Å². The Morgan fingerprint density at radius 3 is 2.58 bits per heavy atom. The lowest BCUT2D eigenvalue weighted by Gasteiger charge is -2.04. The zero-order chi connectivity index (χ0) is 17.4. The Morgan fingerprint density at radius 1 is 1.12 bits per heavy atom. The minimum atomic E-state index is -0.296. The number of carbonyl (C=O) groups is 1. The fourth-order valence-electron chi connectivity index (χ4n) is 1.87. The molecule has 0 radical (unpaired) electrons. The summed E-state index contributed by atoms with van der Waals surface area (Å²) in [6.45, 7) is 0.568. The predicted octanol–water partition coefficient (Wildman–Crippen LogP) is 5.20. The van der Waals surface area contributed by atoms with Crippen molar-refractivity contribution in [2.24, 2.45) is 0 Å². The molecule has 0 spiro atoms. The quantitative estimate of drug-likeness (QED) is 0.526. The van der Waals surface area contributed by atoms with Gasteiger partial charge in [-0.05, 0) is 41.5 Å². The van der Waals surface area contributed by atoms with Crippen molar-refractivity contribution in [3.05, 3.63) is 75.5 Å². The second kappa shape index (κ2) is 9.72. The molecule has 6 heteroatoms. The molecule has 24 heavy (non-hydrogen) atoms. The van der Waals surface area contributed by atoms with Gasteiger partial charge in [-0.1, -0.05) is 41.4 Å². The van der Waals surface area contributed by atoms with Crippen molar-refractivity contribution in [3.63, 3.8) is 0 Å². The van der Waals surface area contributed by atoms with Gasteiger partial charge < -0.3 is 5.32 Å². The minimum absolute atomic E-state index is 0.172. The molecule has 2 nitrogen and oxygen atoms in total. The summed E-state index contributed by atoms with van der Waals surface area (Å²) in [4.78, 5) is 11.7. The lowest BCUT2D eigenvalue weighted by atomic mass is 10.2. The molecule has 1 amide bonds. The molecule has 0 aliphatic heterocycles. The van der Waals surface area contributed by atoms with E-state index in [0.717, 1.165) is 22.6 Å². The van der Waals surface area contributed by atoms with Gasteiger partial charge in [-0.25, -0.2) is 4.39 Å². The second-order valence-electron chi connectivity index (χ2n) is 4.98. The third-order valence-electron chi connectivity index (χ3n) is 3.10. The Kier molecular flexibility index (Phi) is 7.63. The SMILES string of the molecule is O=C(/C=C/c1ccc(F)cc1)NCCSCc1ccc(Cl)c(Cl)c1. The van der Waals surface area contributed by atoms with Crippen molar-refractivity contribution < 1.29 is 9.18 Å². The highest BCUT2D eigenvalue weighted by molar-refractivity contribution is 7.98. The number of hydrogen-bond acceptors (Lipinski definition) is 2. The van der Waals surface area contributed by atoms with Crippen LogP contribution < -0.4 is 5.32 Å². The smallest absolute Gasteiger partial charge is 0.244 e. The Bertz CT molecular complexity index is 719. The standard InChI is InChI=1S/C18H16Cl2FNOS/c19-16-7-3-14(11-17(16)20)12-24-10-9-22-18(23)8-4-13-1-5-15(21)6-2-13/h1-8,11H,9-10,12H2,(H,22,23)/b8-4+. The van der Waals surface area contributed by atoms with Gasteiger partial charge >= 0.3 is 0 Å². The normalized spacial score (nSPS) is 11.0. The summed E-state index contributed by atoms with van der Waals surface area (Å²) in [6.07, 6.45) is 3.09. The van der Waals surface area contributed by atoms with Crippen LogP contribution in [0.5, 0.6) is 0 Å². The van der Waals surface area contributed by atoms with E-state index in [4.69, 9.17) is 23.2 Å². The molecular weight excluding hydrogens is 368 g/mol. The number of rotatable bonds is 7. The number of benzene rings is 2. The summed E-state index contributed by atoms with van der Waals surface area (Å²) in [5.41, 5.74) is 1.87. The second-order valence-corrected chi connectivity index (χ2v) is 6.90. The van der Waals surface area contributed by atoms with Crippen LogP contribution in [0, 0.1) is 5.82 Å². The van der Waals surface area contributed by atoms with Crippen LogP contribution in [0.15, 0.2) is 48.5 Å². The molecule has 2 aromatic rings. The first kappa shape index (κ1) is 18.8. The van der Waals surface area contributed by atoms with E-state index in [2.05, 4.69) is 5.32 Å². The number of amides is 1. The Balaban J connectivity index is 1.65. The predicted molar refractivity (Wildman–Crippen MR) is 101 cm³/mol. The molecule has 0 aliphatic carbocycles. The van der Waals surface area contributed by atoms with Crippen LogP contribution in [0.2, 0.25) is 10.0 Å². The maximum atomic E-state index is 12.8. The van der Waals surface area contributed by atoms with E-state index in [1.807, 2.05) is 12.1 Å². The van der Waals surface area contributed by atoms with E-state index in [-0.39, 0.29) is 11.7 Å². The summed E-state index contributed by atoms with van der Waals surface area (Å²) in [5, 5.41) is 3.90. The molecule has 1 N–H and O–H groups in total. The zero-order valence-electron chi connectivity index (χ0n) is 12.8. The monoisotopic (exact) mass is 383 g/mol. The fraction of sp³-hybridized carbons (Fsp3) is 0.167. The molecule has 0 saturated carbocycles. The van der Waals surface area contributed by atoms with Gasteiger partial charge in [-0.15, -0.1) is 0 Å². The average Bonchev–Trinajstić information content (AvgIpc) is 2.57. The summed E-state index contributed by atoms with van der Waals surface area (Å²) >= 11 is 13.5. The number of carbonyl (C=O) groups excluding carboxylic acids is 1. The third-order valence-corrected chi connectivity index (χ3v) is 4.86. The molecule has 2 aromatic carbocycles. The Morgan fingerprint density at radius 2 is 1.88 bits per heavy atom. The van der Waals surface area contributed by atoms with E-state index in [1.165, 1.54) is 18.2 Å². The van der Waals surface area contributed by atoms with Gasteiger partial charge in [0.1, 0.15) is 5.82 Å². The molecule has 0 saturated heterocycles. The lowest BCUT2D eigenvalue weighted by molar-refractivity contribution is -0.116. The van der Waals surface area contributed by atoms with Crippen LogP contribution in [0.1, 0.15) is 11.1 Å². The number of thioether (sulfide) groups is 1. The molecule has 0 fully saturated rings. The summed E-state index contributed by atoms with van der Waals surface area (Å²) in [6, 6.07) is 11.5. The van der Waals surface area contributed by atoms with Crippen molar-refractivity contribution in [1.82, 2.24) is 5.32 Å². The molecule has 0 bridgehead atoms. The van der Waals surface area contributed by atoms with Gasteiger partial charge in [-0.3, -0.25) is 4.79 Å². The molecule has 0 heterocycles. The van der Waals surface area contributed by atoms with Gasteiger partial charge in [0.25, 0.3) is 0 Å². The first-order valence-electron chi connectivity index (χ1n) is 7.28. The number of halogens is 3. The van der Waals surface area contributed by atoms with Crippen LogP contribution in [-0.2, 0) is 10.5 Å². The van der Waals surface area contributed by atoms with E-state index >= 15 is 0 Å². The fourth-order valence-corrected chi connectivity index (χ4v) is 3.00. The van der Waals surface area contributed by atoms with Crippen LogP contribution in [0.4, 0.5) is 4.39 Å². The van der Waals surface area contributed by atoms with E-state index < -0.39 is 0 Å². The van der Waals surface area contributed by atoms with E-state index in [9.17, 15) is 9.18 Å². The van der Waals surface area contributed by atoms with Crippen molar-refractivity contribution in [2.45, 2.75) is 5.75 Å². The third kappa shape index (κ3) is 6.56. The van der Waals surface area contributed by atoms with Crippen LogP contribution in [-0.4, -0.2) is 18.2 Å². The molecule has 0 aliphatic rings. The molecule has 2 rings (SSSR count). The summed E-state index contributed by atoms with van der Waals surface area (Å²) in [5.74, 6) is 1.12. The Hall–Kier alpha value is -1.49. The summed E-state index contributed by atoms with van der Waals surface area (Å²) < 4.78 is 12.8. The zero-order valence-corrected chi connectivity index (χ0v) is 15.1. The topological polar surface area (TPSA) is 29.1 Å². The number of hydrogen-bond donors (Lipinski definition) is 1. The molecular formula is C18H16Cl2FNOS. The first-order valence-corrected chi connectivity index (χ1v) is 9.19. The maximum Gasteiger partial charge on any atom is 0.244 e. The highest BCUT2D eigenvalue weighted by Gasteiger charge is 2.00. The highest BCUT2D eigenvalue weighted by Crippen LogP contribution is 2.24. The van der Waals surface area contributed by atoms with E-state index in [1.54, 1.807) is 36.0 Å². The van der Waals surface area contributed by atoms with Crippen molar-refractivity contribution >= 4 is 46.9 Å². The maximum absolute atomic E-state index is 12.8. The molecule has 0 aromatic heterocycles. The largest absolute Gasteiger partial charge is 0.352 e. The average molecular weight is 384 g/mol. The molecule has 0 unspecified atom stereocenters. The van der Waals surface area contributed by atoms with E-state index in [0.29, 0.717) is 16.6 Å². The van der Waals surface area contributed by atoms with Gasteiger partial charge in [0.2, 0.25) is 5.91 Å². The van der Waals surface area contributed by atoms with Crippen LogP contribution in [0.25, 0.3) is 6.08 Å². The van der Waals surface area contributed by atoms with Gasteiger partial charge in [0.15, 0.2) is 0 Å². The van der Waals surface area contributed by atoms with Crippen LogP contribution >= 0.6 is 35.0 Å². The van der Waals surface area contributed by atoms with Gasteiger partial charge in [0, 0.05) is 24.1 Å². The molecule has 0 atom stereocenters. The van der Waals surface area contributed by atoms with Gasteiger partial charge in [0.05, 0.1) is 10.0 Å². The van der Waals surface area contributed by atoms with Crippen molar-refractivity contribution in [2.75, 3.05) is 12.3 Å². The number of nitrogens with one attached hydrogen (secondary N) is 1. The van der Waals surface area contributed by atoms with Gasteiger partial charge in [-0.2, -0.15) is 11.8 Å². The van der Waals surface area contributed by atoms with Crippen molar-refractivity contribution in [3.8, 4) is 0 Å². The summed E-state index contributed by atoms with van der Waals surface area (Å²) in [7, 11) is 0. The van der Waals surface area contributed by atoms with Crippen LogP contribution in [0.3, 0.4) is 0 Å². The molecule has 126 valence electrons.